The minimum absolute atomic E-state index is 0.0953. The van der Waals surface area contributed by atoms with Gasteiger partial charge in [0.15, 0.2) is 17.0 Å². The van der Waals surface area contributed by atoms with Crippen LogP contribution in [0, 0.1) is 5.82 Å². The van der Waals surface area contributed by atoms with Crippen LogP contribution in [0.2, 0.25) is 0 Å². The summed E-state index contributed by atoms with van der Waals surface area (Å²) >= 11 is 0. The summed E-state index contributed by atoms with van der Waals surface area (Å²) in [7, 11) is 0. The van der Waals surface area contributed by atoms with E-state index in [0.717, 1.165) is 37.3 Å². The first kappa shape index (κ1) is 17.8. The molecule has 1 aliphatic heterocycles. The van der Waals surface area contributed by atoms with Crippen LogP contribution in [-0.4, -0.2) is 50.4 Å². The Balaban J connectivity index is 1.39. The average molecular weight is 371 g/mol. The van der Waals surface area contributed by atoms with Gasteiger partial charge in [0.05, 0.1) is 32.2 Å². The molecule has 0 amide bonds. The molecular formula is C19H22FN5O2. The van der Waals surface area contributed by atoms with E-state index < -0.39 is 6.10 Å². The number of hydrogen-bond donors (Lipinski definition) is 1. The number of halogens is 1. The van der Waals surface area contributed by atoms with Crippen LogP contribution < -0.4 is 4.90 Å². The van der Waals surface area contributed by atoms with Crippen molar-refractivity contribution in [1.82, 2.24) is 19.5 Å². The predicted octanol–water partition coefficient (Wildman–Crippen LogP) is 2.14. The van der Waals surface area contributed by atoms with Crippen molar-refractivity contribution in [3.8, 4) is 0 Å². The van der Waals surface area contributed by atoms with Gasteiger partial charge in [0.25, 0.3) is 0 Å². The number of aliphatic hydroxyl groups is 1. The zero-order valence-corrected chi connectivity index (χ0v) is 15.0. The monoisotopic (exact) mass is 371 g/mol. The summed E-state index contributed by atoms with van der Waals surface area (Å²) in [5, 5.41) is 10.3. The van der Waals surface area contributed by atoms with Gasteiger partial charge in [-0.25, -0.2) is 19.3 Å². The van der Waals surface area contributed by atoms with Crippen LogP contribution in [0.25, 0.3) is 11.2 Å². The minimum Gasteiger partial charge on any atom is -0.389 e. The van der Waals surface area contributed by atoms with Crippen LogP contribution in [0.15, 0.2) is 36.9 Å². The summed E-state index contributed by atoms with van der Waals surface area (Å²) in [4.78, 5) is 15.4. The molecule has 2 aromatic heterocycles. The largest absolute Gasteiger partial charge is 0.389 e. The number of aromatic nitrogens is 4. The fraction of sp³-hybridized carbons (Fsp3) is 0.421. The highest BCUT2D eigenvalue weighted by Crippen LogP contribution is 2.24. The summed E-state index contributed by atoms with van der Waals surface area (Å²) in [5.41, 5.74) is 1.92. The lowest BCUT2D eigenvalue weighted by Crippen LogP contribution is -2.22. The first-order valence-corrected chi connectivity index (χ1v) is 9.12. The quantitative estimate of drug-likeness (QED) is 0.686. The van der Waals surface area contributed by atoms with Gasteiger partial charge in [-0.1, -0.05) is 18.2 Å². The number of anilines is 1. The number of imidazole rings is 1. The molecule has 0 radical (unpaired) electrons. The lowest BCUT2D eigenvalue weighted by molar-refractivity contribution is 0.0199. The summed E-state index contributed by atoms with van der Waals surface area (Å²) in [6, 6.07) is 6.45. The molecule has 1 fully saturated rings. The molecule has 1 saturated heterocycles. The molecule has 0 bridgehead atoms. The second-order valence-electron chi connectivity index (χ2n) is 6.72. The molecule has 0 unspecified atom stereocenters. The highest BCUT2D eigenvalue weighted by Gasteiger charge is 2.19. The van der Waals surface area contributed by atoms with E-state index in [4.69, 9.17) is 4.74 Å². The number of hydrogen-bond acceptors (Lipinski definition) is 6. The first-order valence-electron chi connectivity index (χ1n) is 9.12. The Kier molecular flexibility index (Phi) is 5.26. The highest BCUT2D eigenvalue weighted by atomic mass is 19.1. The third-order valence-corrected chi connectivity index (χ3v) is 4.72. The Morgan fingerprint density at radius 1 is 1.15 bits per heavy atom. The van der Waals surface area contributed by atoms with Gasteiger partial charge in [-0.15, -0.1) is 0 Å². The van der Waals surface area contributed by atoms with E-state index in [2.05, 4.69) is 19.9 Å². The van der Waals surface area contributed by atoms with Gasteiger partial charge in [0.1, 0.15) is 12.1 Å². The third-order valence-electron chi connectivity index (χ3n) is 4.72. The molecule has 8 heteroatoms. The molecule has 27 heavy (non-hydrogen) atoms. The zero-order chi connectivity index (χ0) is 18.6. The van der Waals surface area contributed by atoms with Crippen molar-refractivity contribution in [3.63, 3.8) is 0 Å². The van der Waals surface area contributed by atoms with Crippen LogP contribution >= 0.6 is 0 Å². The van der Waals surface area contributed by atoms with Crippen molar-refractivity contribution in [1.29, 1.82) is 0 Å². The molecule has 1 aliphatic rings. The van der Waals surface area contributed by atoms with Crippen molar-refractivity contribution in [2.75, 3.05) is 24.6 Å². The summed E-state index contributed by atoms with van der Waals surface area (Å²) < 4.78 is 20.8. The summed E-state index contributed by atoms with van der Waals surface area (Å²) in [6.07, 6.45) is 4.77. The number of ether oxygens (including phenoxy) is 1. The topological polar surface area (TPSA) is 76.3 Å². The lowest BCUT2D eigenvalue weighted by Gasteiger charge is -2.16. The van der Waals surface area contributed by atoms with Gasteiger partial charge in [0, 0.05) is 18.7 Å². The smallest absolute Gasteiger partial charge is 0.165 e. The highest BCUT2D eigenvalue weighted by molar-refractivity contribution is 5.83. The van der Waals surface area contributed by atoms with E-state index in [1.54, 1.807) is 29.1 Å². The fourth-order valence-corrected chi connectivity index (χ4v) is 3.36. The number of benzene rings is 1. The second-order valence-corrected chi connectivity index (χ2v) is 6.72. The van der Waals surface area contributed by atoms with Crippen LogP contribution in [0.5, 0.6) is 0 Å². The van der Waals surface area contributed by atoms with Gasteiger partial charge < -0.3 is 19.3 Å². The lowest BCUT2D eigenvalue weighted by atomic mass is 10.2. The molecule has 1 atom stereocenters. The molecule has 1 aromatic carbocycles. The van der Waals surface area contributed by atoms with E-state index in [-0.39, 0.29) is 19.0 Å². The predicted molar refractivity (Wildman–Crippen MR) is 98.8 cm³/mol. The average Bonchev–Trinajstić information content (AvgIpc) is 3.34. The van der Waals surface area contributed by atoms with E-state index in [1.165, 1.54) is 12.4 Å². The van der Waals surface area contributed by atoms with E-state index in [0.29, 0.717) is 17.8 Å². The molecule has 7 nitrogen and oxygen atoms in total. The number of fused-ring (bicyclic) bond motifs is 1. The van der Waals surface area contributed by atoms with Crippen LogP contribution in [0.1, 0.15) is 18.4 Å². The van der Waals surface area contributed by atoms with Crippen molar-refractivity contribution in [2.45, 2.75) is 32.1 Å². The Morgan fingerprint density at radius 2 is 1.96 bits per heavy atom. The van der Waals surface area contributed by atoms with E-state index in [9.17, 15) is 9.50 Å². The summed E-state index contributed by atoms with van der Waals surface area (Å²) in [5.74, 6) is 0.542. The van der Waals surface area contributed by atoms with Gasteiger partial charge in [-0.3, -0.25) is 0 Å². The van der Waals surface area contributed by atoms with Crippen LogP contribution in [0.4, 0.5) is 10.2 Å². The molecule has 3 heterocycles. The van der Waals surface area contributed by atoms with Crippen molar-refractivity contribution in [3.05, 3.63) is 48.3 Å². The minimum atomic E-state index is -0.751. The van der Waals surface area contributed by atoms with Crippen LogP contribution in [-0.2, 0) is 17.9 Å². The fourth-order valence-electron chi connectivity index (χ4n) is 3.36. The zero-order valence-electron chi connectivity index (χ0n) is 15.0. The Morgan fingerprint density at radius 3 is 2.78 bits per heavy atom. The van der Waals surface area contributed by atoms with Gasteiger partial charge in [-0.05, 0) is 18.9 Å². The van der Waals surface area contributed by atoms with Crippen molar-refractivity contribution in [2.24, 2.45) is 0 Å². The number of nitrogens with zero attached hydrogens (tertiary/aromatic N) is 5. The molecule has 0 saturated carbocycles. The maximum absolute atomic E-state index is 13.6. The molecule has 142 valence electrons. The maximum atomic E-state index is 13.6. The Labute approximate surface area is 156 Å². The van der Waals surface area contributed by atoms with E-state index in [1.807, 2.05) is 0 Å². The van der Waals surface area contributed by atoms with Gasteiger partial charge in [-0.2, -0.15) is 0 Å². The normalized spacial score (nSPS) is 15.6. The second kappa shape index (κ2) is 7.98. The Hall–Kier alpha value is -2.58. The van der Waals surface area contributed by atoms with Gasteiger partial charge >= 0.3 is 0 Å². The first-order chi connectivity index (χ1) is 13.2. The number of aliphatic hydroxyl groups excluding tert-OH is 1. The molecule has 1 N–H and O–H groups in total. The van der Waals surface area contributed by atoms with Crippen molar-refractivity contribution >= 4 is 17.0 Å². The maximum Gasteiger partial charge on any atom is 0.165 e. The standard InChI is InChI=1S/C19H22FN5O2/c20-16-6-2-1-5-14(16)10-27-11-15(26)9-25-13-23-17-18(21-12-22-19(17)25)24-7-3-4-8-24/h1-2,5-6,12-13,15,26H,3-4,7-11H2/t15-/m0/s1. The Bertz CT molecular complexity index is 910. The molecular weight excluding hydrogens is 349 g/mol. The molecule has 3 aromatic rings. The van der Waals surface area contributed by atoms with Gasteiger partial charge in [0.2, 0.25) is 0 Å². The van der Waals surface area contributed by atoms with Crippen LogP contribution in [0.3, 0.4) is 0 Å². The summed E-state index contributed by atoms with van der Waals surface area (Å²) in [6.45, 7) is 2.47. The molecule has 0 spiro atoms. The van der Waals surface area contributed by atoms with Crippen molar-refractivity contribution < 1.29 is 14.2 Å². The molecule has 4 rings (SSSR count). The SMILES string of the molecule is O[C@H](COCc1ccccc1F)Cn1cnc2c(N3CCCC3)ncnc21. The molecule has 0 aliphatic carbocycles. The third kappa shape index (κ3) is 3.91. The van der Waals surface area contributed by atoms with E-state index >= 15 is 0 Å². The number of rotatable bonds is 7.